The van der Waals surface area contributed by atoms with Gasteiger partial charge >= 0.3 is 0 Å². The molecule has 0 aliphatic heterocycles. The first kappa shape index (κ1) is 8.34. The minimum Gasteiger partial charge on any atom is -0.493 e. The Morgan fingerprint density at radius 1 is 1.45 bits per heavy atom. The molecule has 0 spiro atoms. The summed E-state index contributed by atoms with van der Waals surface area (Å²) in [6, 6.07) is 2.89. The summed E-state index contributed by atoms with van der Waals surface area (Å²) in [4.78, 5) is 0. The molecule has 0 amide bonds. The van der Waals surface area contributed by atoms with E-state index in [0.29, 0.717) is 10.6 Å². The highest BCUT2D eigenvalue weighted by atomic mass is 35.5. The summed E-state index contributed by atoms with van der Waals surface area (Å²) >= 11 is 5.58. The van der Waals surface area contributed by atoms with Crippen LogP contribution in [0.15, 0.2) is 12.1 Å². The van der Waals surface area contributed by atoms with Crippen LogP contribution in [0.1, 0.15) is 5.56 Å². The number of hydrogen-bond acceptors (Lipinski definition) is 1. The second-order valence-corrected chi connectivity index (χ2v) is 2.67. The zero-order chi connectivity index (χ0) is 8.43. The predicted molar refractivity (Wildman–Crippen MR) is 42.7 cm³/mol. The molecule has 11 heavy (non-hydrogen) atoms. The van der Waals surface area contributed by atoms with E-state index in [0.717, 1.165) is 0 Å². The molecule has 0 unspecified atom stereocenters. The number of ether oxygens (including phenoxy) is 1. The van der Waals surface area contributed by atoms with Crippen LogP contribution in [0.25, 0.3) is 0 Å². The number of methoxy groups -OCH3 is 1. The minimum absolute atomic E-state index is 0.259. The van der Waals surface area contributed by atoms with E-state index in [1.165, 1.54) is 13.2 Å². The quantitative estimate of drug-likeness (QED) is 0.636. The Balaban J connectivity index is 3.25. The number of aryl methyl sites for hydroxylation is 1. The topological polar surface area (TPSA) is 9.23 Å². The molecule has 0 heterocycles. The molecule has 0 aromatic heterocycles. The monoisotopic (exact) mass is 174 g/mol. The molecule has 1 aromatic carbocycles. The molecule has 0 saturated carbocycles. The Hall–Kier alpha value is -0.760. The van der Waals surface area contributed by atoms with Crippen LogP contribution >= 0.6 is 11.6 Å². The predicted octanol–water partition coefficient (Wildman–Crippen LogP) is 2.80. The SMILES string of the molecule is COc1c(C)cc(Cl)cc1F. The fraction of sp³-hybridized carbons (Fsp3) is 0.250. The van der Waals surface area contributed by atoms with Crippen molar-refractivity contribution < 1.29 is 9.13 Å². The Labute approximate surface area is 69.7 Å². The van der Waals surface area contributed by atoms with Crippen molar-refractivity contribution in [3.05, 3.63) is 28.5 Å². The summed E-state index contributed by atoms with van der Waals surface area (Å²) in [5.74, 6) is -0.160. The van der Waals surface area contributed by atoms with Gasteiger partial charge in [-0.25, -0.2) is 4.39 Å². The van der Waals surface area contributed by atoms with Crippen LogP contribution in [-0.2, 0) is 0 Å². The van der Waals surface area contributed by atoms with Crippen molar-refractivity contribution in [1.29, 1.82) is 0 Å². The summed E-state index contributed by atoms with van der Waals surface area (Å²) in [6.07, 6.45) is 0. The largest absolute Gasteiger partial charge is 0.493 e. The van der Waals surface area contributed by atoms with Gasteiger partial charge in [-0.3, -0.25) is 0 Å². The van der Waals surface area contributed by atoms with Crippen molar-refractivity contribution in [2.75, 3.05) is 7.11 Å². The first-order valence-electron chi connectivity index (χ1n) is 3.15. The summed E-state index contributed by atoms with van der Waals surface area (Å²) in [6.45, 7) is 1.74. The van der Waals surface area contributed by atoms with Crippen LogP contribution in [0.2, 0.25) is 5.02 Å². The van der Waals surface area contributed by atoms with Crippen molar-refractivity contribution in [3.63, 3.8) is 0 Å². The van der Waals surface area contributed by atoms with E-state index in [-0.39, 0.29) is 5.75 Å². The lowest BCUT2D eigenvalue weighted by atomic mass is 10.2. The maximum absolute atomic E-state index is 12.9. The fourth-order valence-electron chi connectivity index (χ4n) is 0.948. The Bertz CT molecular complexity index is 250. The van der Waals surface area contributed by atoms with Gasteiger partial charge in [0.1, 0.15) is 0 Å². The van der Waals surface area contributed by atoms with Gasteiger partial charge in [0.2, 0.25) is 0 Å². The van der Waals surface area contributed by atoms with Crippen LogP contribution in [0.4, 0.5) is 4.39 Å². The van der Waals surface area contributed by atoms with Crippen LogP contribution < -0.4 is 4.74 Å². The third-order valence-corrected chi connectivity index (χ3v) is 1.62. The third kappa shape index (κ3) is 1.63. The second-order valence-electron chi connectivity index (χ2n) is 2.24. The van der Waals surface area contributed by atoms with Gasteiger partial charge in [0, 0.05) is 5.02 Å². The van der Waals surface area contributed by atoms with Crippen molar-refractivity contribution in [2.24, 2.45) is 0 Å². The maximum Gasteiger partial charge on any atom is 0.166 e. The van der Waals surface area contributed by atoms with Gasteiger partial charge < -0.3 is 4.74 Å². The van der Waals surface area contributed by atoms with Crippen LogP contribution in [0, 0.1) is 12.7 Å². The summed E-state index contributed by atoms with van der Waals surface area (Å²) in [5.41, 5.74) is 0.706. The minimum atomic E-state index is -0.419. The van der Waals surface area contributed by atoms with Gasteiger partial charge in [-0.15, -0.1) is 0 Å². The highest BCUT2D eigenvalue weighted by Gasteiger charge is 2.06. The number of rotatable bonds is 1. The molecule has 3 heteroatoms. The smallest absolute Gasteiger partial charge is 0.166 e. The standard InChI is InChI=1S/C8H8ClFO/c1-5-3-6(9)4-7(10)8(5)11-2/h3-4H,1-2H3. The Morgan fingerprint density at radius 2 is 2.09 bits per heavy atom. The lowest BCUT2D eigenvalue weighted by Gasteiger charge is -2.05. The summed E-state index contributed by atoms with van der Waals surface area (Å²) in [7, 11) is 1.43. The molecule has 0 N–H and O–H groups in total. The molecule has 1 rings (SSSR count). The van der Waals surface area contributed by atoms with Crippen molar-refractivity contribution in [2.45, 2.75) is 6.92 Å². The second kappa shape index (κ2) is 3.09. The van der Waals surface area contributed by atoms with Gasteiger partial charge in [-0.1, -0.05) is 11.6 Å². The Kier molecular flexibility index (Phi) is 2.35. The van der Waals surface area contributed by atoms with E-state index in [4.69, 9.17) is 16.3 Å². The molecule has 0 saturated heterocycles. The highest BCUT2D eigenvalue weighted by Crippen LogP contribution is 2.25. The zero-order valence-corrected chi connectivity index (χ0v) is 7.07. The van der Waals surface area contributed by atoms with Crippen LogP contribution in [0.5, 0.6) is 5.75 Å². The number of benzene rings is 1. The molecule has 0 bridgehead atoms. The zero-order valence-electron chi connectivity index (χ0n) is 6.32. The Morgan fingerprint density at radius 3 is 2.55 bits per heavy atom. The lowest BCUT2D eigenvalue weighted by molar-refractivity contribution is 0.383. The summed E-state index contributed by atoms with van der Waals surface area (Å²) in [5, 5.41) is 0.390. The van der Waals surface area contributed by atoms with E-state index in [2.05, 4.69) is 0 Å². The molecule has 0 atom stereocenters. The van der Waals surface area contributed by atoms with E-state index >= 15 is 0 Å². The molecular weight excluding hydrogens is 167 g/mol. The molecule has 1 nitrogen and oxygen atoms in total. The van der Waals surface area contributed by atoms with E-state index in [1.807, 2.05) is 0 Å². The molecule has 0 aliphatic carbocycles. The van der Waals surface area contributed by atoms with E-state index in [1.54, 1.807) is 13.0 Å². The van der Waals surface area contributed by atoms with Crippen LogP contribution in [0.3, 0.4) is 0 Å². The molecule has 0 fully saturated rings. The van der Waals surface area contributed by atoms with Crippen molar-refractivity contribution in [1.82, 2.24) is 0 Å². The fourth-order valence-corrected chi connectivity index (χ4v) is 1.21. The van der Waals surface area contributed by atoms with E-state index in [9.17, 15) is 4.39 Å². The third-order valence-electron chi connectivity index (χ3n) is 1.40. The molecular formula is C8H8ClFO. The average Bonchev–Trinajstić information content (AvgIpc) is 1.85. The van der Waals surface area contributed by atoms with Gasteiger partial charge in [0.15, 0.2) is 11.6 Å². The number of hydrogen-bond donors (Lipinski definition) is 0. The van der Waals surface area contributed by atoms with Gasteiger partial charge in [0.25, 0.3) is 0 Å². The van der Waals surface area contributed by atoms with Crippen LogP contribution in [-0.4, -0.2) is 7.11 Å². The maximum atomic E-state index is 12.9. The average molecular weight is 175 g/mol. The van der Waals surface area contributed by atoms with Gasteiger partial charge in [-0.2, -0.15) is 0 Å². The number of halogens is 2. The molecule has 0 aliphatic rings. The summed E-state index contributed by atoms with van der Waals surface area (Å²) < 4.78 is 17.7. The molecule has 60 valence electrons. The first-order valence-corrected chi connectivity index (χ1v) is 3.52. The normalized spacial score (nSPS) is 9.82. The van der Waals surface area contributed by atoms with Gasteiger partial charge in [-0.05, 0) is 24.6 Å². The molecule has 1 aromatic rings. The first-order chi connectivity index (χ1) is 5.15. The van der Waals surface area contributed by atoms with Gasteiger partial charge in [0.05, 0.1) is 7.11 Å². The molecule has 0 radical (unpaired) electrons. The lowest BCUT2D eigenvalue weighted by Crippen LogP contribution is -1.90. The highest BCUT2D eigenvalue weighted by molar-refractivity contribution is 6.30. The van der Waals surface area contributed by atoms with E-state index < -0.39 is 5.82 Å². The van der Waals surface area contributed by atoms with Crippen molar-refractivity contribution >= 4 is 11.6 Å². The van der Waals surface area contributed by atoms with Crippen molar-refractivity contribution in [3.8, 4) is 5.75 Å².